The minimum atomic E-state index is 0.172. The Hall–Kier alpha value is -3.66. The van der Waals surface area contributed by atoms with Gasteiger partial charge in [-0.3, -0.25) is 4.98 Å². The first-order valence-electron chi connectivity index (χ1n) is 10.6. The molecule has 31 heavy (non-hydrogen) atoms. The molecule has 1 N–H and O–H groups in total. The summed E-state index contributed by atoms with van der Waals surface area (Å²) in [5.74, 6) is 1.84. The molecule has 3 aromatic rings. The van der Waals surface area contributed by atoms with Crippen LogP contribution in [0.2, 0.25) is 0 Å². The van der Waals surface area contributed by atoms with Crippen molar-refractivity contribution in [3.05, 3.63) is 60.3 Å². The second-order valence-electron chi connectivity index (χ2n) is 8.14. The van der Waals surface area contributed by atoms with Gasteiger partial charge in [-0.2, -0.15) is 5.26 Å². The van der Waals surface area contributed by atoms with Crippen molar-refractivity contribution < 1.29 is 0 Å². The van der Waals surface area contributed by atoms with E-state index in [-0.39, 0.29) is 6.04 Å². The third-order valence-electron chi connectivity index (χ3n) is 5.77. The number of anilines is 2. The van der Waals surface area contributed by atoms with E-state index < -0.39 is 0 Å². The molecule has 7 heteroatoms. The van der Waals surface area contributed by atoms with E-state index in [0.717, 1.165) is 47.7 Å². The van der Waals surface area contributed by atoms with Crippen molar-refractivity contribution in [1.82, 2.24) is 14.9 Å². The highest BCUT2D eigenvalue weighted by atomic mass is 15.4. The first-order chi connectivity index (χ1) is 15.1. The zero-order valence-corrected chi connectivity index (χ0v) is 18.2. The van der Waals surface area contributed by atoms with Crippen LogP contribution >= 0.6 is 0 Å². The third kappa shape index (κ3) is 4.43. The Balaban J connectivity index is 1.59. The molecule has 1 saturated heterocycles. The summed E-state index contributed by atoms with van der Waals surface area (Å²) in [5.41, 5.74) is 3.87. The van der Waals surface area contributed by atoms with Gasteiger partial charge in [-0.25, -0.2) is 4.98 Å². The Morgan fingerprint density at radius 1 is 1.13 bits per heavy atom. The molecule has 0 unspecified atom stereocenters. The average Bonchev–Trinajstić information content (AvgIpc) is 2.79. The predicted octanol–water partition coefficient (Wildman–Crippen LogP) is 4.03. The molecule has 0 amide bonds. The molecule has 158 valence electrons. The van der Waals surface area contributed by atoms with Crippen LogP contribution in [-0.4, -0.2) is 46.5 Å². The number of aliphatic imine (C=N–C) groups is 1. The fourth-order valence-electron chi connectivity index (χ4n) is 4.00. The van der Waals surface area contributed by atoms with Gasteiger partial charge < -0.3 is 15.1 Å². The molecule has 1 fully saturated rings. The van der Waals surface area contributed by atoms with Crippen LogP contribution < -0.4 is 10.2 Å². The van der Waals surface area contributed by atoms with E-state index >= 15 is 0 Å². The van der Waals surface area contributed by atoms with Crippen LogP contribution in [0.4, 0.5) is 11.5 Å². The molecule has 2 aromatic carbocycles. The van der Waals surface area contributed by atoms with Gasteiger partial charge in [0.05, 0.1) is 23.3 Å². The number of hydrogen-bond acceptors (Lipinski definition) is 5. The highest BCUT2D eigenvalue weighted by molar-refractivity contribution is 5.95. The Morgan fingerprint density at radius 3 is 2.61 bits per heavy atom. The number of hydrogen-bond donors (Lipinski definition) is 1. The van der Waals surface area contributed by atoms with Gasteiger partial charge in [-0.05, 0) is 36.6 Å². The maximum Gasteiger partial charge on any atom is 0.214 e. The van der Waals surface area contributed by atoms with Gasteiger partial charge in [0.2, 0.25) is 12.2 Å². The molecule has 1 atom stereocenters. The SMILES string of the molecule is Cc1ccccc1N/C(=N\C#N)N1CCN(c2cnc3ccccc3n2)C[C@@H]1C(C)C. The fraction of sp³-hybridized carbons (Fsp3) is 0.333. The monoisotopic (exact) mass is 413 g/mol. The van der Waals surface area contributed by atoms with Gasteiger partial charge in [-0.15, -0.1) is 4.99 Å². The number of guanidine groups is 1. The van der Waals surface area contributed by atoms with Gasteiger partial charge in [-0.1, -0.05) is 44.2 Å². The van der Waals surface area contributed by atoms with E-state index in [1.807, 2.05) is 67.8 Å². The van der Waals surface area contributed by atoms with E-state index in [2.05, 4.69) is 38.9 Å². The molecule has 0 radical (unpaired) electrons. The smallest absolute Gasteiger partial charge is 0.214 e. The van der Waals surface area contributed by atoms with Crippen molar-refractivity contribution in [2.45, 2.75) is 26.8 Å². The number of aryl methyl sites for hydroxylation is 1. The largest absolute Gasteiger partial charge is 0.351 e. The summed E-state index contributed by atoms with van der Waals surface area (Å²) in [6, 6.07) is 16.1. The normalized spacial score (nSPS) is 17.1. The minimum absolute atomic E-state index is 0.172. The number of rotatable bonds is 3. The second-order valence-corrected chi connectivity index (χ2v) is 8.14. The Labute approximate surface area is 183 Å². The standard InChI is InChI=1S/C24H27N7/c1-17(2)22-15-30(23-14-26-20-10-6-7-11-21(20)28-23)12-13-31(22)24(27-16-25)29-19-9-5-4-8-18(19)3/h4-11,14,17,22H,12-13,15H2,1-3H3,(H,27,29)/t22-/m1/s1. The van der Waals surface area contributed by atoms with E-state index in [1.165, 1.54) is 0 Å². The van der Waals surface area contributed by atoms with Crippen LogP contribution in [0.5, 0.6) is 0 Å². The molecule has 2 heterocycles. The summed E-state index contributed by atoms with van der Waals surface area (Å²) in [6.07, 6.45) is 3.83. The summed E-state index contributed by atoms with van der Waals surface area (Å²) in [5, 5.41) is 12.7. The van der Waals surface area contributed by atoms with Crippen LogP contribution in [0.15, 0.2) is 59.7 Å². The van der Waals surface area contributed by atoms with Gasteiger partial charge >= 0.3 is 0 Å². The molecule has 1 aliphatic heterocycles. The maximum atomic E-state index is 9.34. The molecule has 1 aliphatic rings. The fourth-order valence-corrected chi connectivity index (χ4v) is 4.00. The molecule has 0 spiro atoms. The van der Waals surface area contributed by atoms with Crippen molar-refractivity contribution in [3.63, 3.8) is 0 Å². The summed E-state index contributed by atoms with van der Waals surface area (Å²) in [7, 11) is 0. The van der Waals surface area contributed by atoms with Crippen LogP contribution in [0.1, 0.15) is 19.4 Å². The molecule has 0 bridgehead atoms. The number of fused-ring (bicyclic) bond motifs is 1. The van der Waals surface area contributed by atoms with E-state index in [0.29, 0.717) is 11.9 Å². The van der Waals surface area contributed by atoms with Gasteiger partial charge in [0, 0.05) is 25.3 Å². The lowest BCUT2D eigenvalue weighted by Crippen LogP contribution is -2.58. The molecule has 4 rings (SSSR count). The topological polar surface area (TPSA) is 80.4 Å². The Morgan fingerprint density at radius 2 is 1.87 bits per heavy atom. The number of para-hydroxylation sites is 3. The summed E-state index contributed by atoms with van der Waals surface area (Å²) >= 11 is 0. The first kappa shape index (κ1) is 20.6. The van der Waals surface area contributed by atoms with E-state index in [9.17, 15) is 5.26 Å². The molecule has 7 nitrogen and oxygen atoms in total. The number of piperazine rings is 1. The first-order valence-corrected chi connectivity index (χ1v) is 10.6. The van der Waals surface area contributed by atoms with Crippen LogP contribution in [0, 0.1) is 24.3 Å². The third-order valence-corrected chi connectivity index (χ3v) is 5.77. The Bertz CT molecular complexity index is 1130. The second kappa shape index (κ2) is 9.00. The zero-order valence-electron chi connectivity index (χ0n) is 18.2. The lowest BCUT2D eigenvalue weighted by molar-refractivity contribution is 0.224. The van der Waals surface area contributed by atoms with Crippen molar-refractivity contribution in [3.8, 4) is 6.19 Å². The van der Waals surface area contributed by atoms with Crippen LogP contribution in [0.25, 0.3) is 11.0 Å². The van der Waals surface area contributed by atoms with Crippen molar-refractivity contribution in [1.29, 1.82) is 5.26 Å². The summed E-state index contributed by atoms with van der Waals surface area (Å²) in [4.78, 5) is 18.0. The van der Waals surface area contributed by atoms with Gasteiger partial charge in [0.25, 0.3) is 0 Å². The molecule has 1 aromatic heterocycles. The quantitative estimate of drug-likeness (QED) is 0.397. The predicted molar refractivity (Wildman–Crippen MR) is 125 cm³/mol. The number of benzene rings is 2. The van der Waals surface area contributed by atoms with Crippen LogP contribution in [0.3, 0.4) is 0 Å². The molecular formula is C24H27N7. The number of nitriles is 1. The molecule has 0 saturated carbocycles. The zero-order chi connectivity index (χ0) is 21.8. The number of nitrogens with one attached hydrogen (secondary N) is 1. The lowest BCUT2D eigenvalue weighted by Gasteiger charge is -2.45. The summed E-state index contributed by atoms with van der Waals surface area (Å²) in [6.45, 7) is 8.73. The summed E-state index contributed by atoms with van der Waals surface area (Å²) < 4.78 is 0. The maximum absolute atomic E-state index is 9.34. The minimum Gasteiger partial charge on any atom is -0.351 e. The highest BCUT2D eigenvalue weighted by Gasteiger charge is 2.32. The van der Waals surface area contributed by atoms with Crippen molar-refractivity contribution >= 4 is 28.5 Å². The van der Waals surface area contributed by atoms with E-state index in [4.69, 9.17) is 4.98 Å². The molecule has 0 aliphatic carbocycles. The molecular weight excluding hydrogens is 386 g/mol. The van der Waals surface area contributed by atoms with Crippen LogP contribution in [-0.2, 0) is 0 Å². The van der Waals surface area contributed by atoms with E-state index in [1.54, 1.807) is 0 Å². The van der Waals surface area contributed by atoms with Gasteiger partial charge in [0.15, 0.2) is 0 Å². The van der Waals surface area contributed by atoms with Crippen molar-refractivity contribution in [2.24, 2.45) is 10.9 Å². The average molecular weight is 414 g/mol. The van der Waals surface area contributed by atoms with Gasteiger partial charge in [0.1, 0.15) is 5.82 Å². The van der Waals surface area contributed by atoms with Crippen molar-refractivity contribution in [2.75, 3.05) is 29.9 Å². The number of aromatic nitrogens is 2. The Kier molecular flexibility index (Phi) is 5.99. The lowest BCUT2D eigenvalue weighted by atomic mass is 9.99. The highest BCUT2D eigenvalue weighted by Crippen LogP contribution is 2.24. The number of nitrogens with zero attached hydrogens (tertiary/aromatic N) is 6.